The third kappa shape index (κ3) is 2.54. The van der Waals surface area contributed by atoms with Gasteiger partial charge in [-0.05, 0) is 58.3 Å². The summed E-state index contributed by atoms with van der Waals surface area (Å²) in [5.74, 6) is 0. The summed E-state index contributed by atoms with van der Waals surface area (Å²) in [6, 6.07) is 41.5. The standard InChI is InChI=1S/C36H19N3S/c1-2-10-22-20(8-1)9-7-12-23(22)21-16-17-30-26(18-21)32-34-27(19-25-24-11-3-6-15-31(24)40-35(25)32)33-36(39(30)34)38-29-14-5-4-13-28(29)37-33/h1-19H. The predicted molar refractivity (Wildman–Crippen MR) is 170 cm³/mol. The molecule has 0 atom stereocenters. The van der Waals surface area contributed by atoms with Gasteiger partial charge in [-0.2, -0.15) is 0 Å². The van der Waals surface area contributed by atoms with E-state index in [0.29, 0.717) is 0 Å². The van der Waals surface area contributed by atoms with E-state index in [4.69, 9.17) is 9.97 Å². The van der Waals surface area contributed by atoms with Gasteiger partial charge in [-0.25, -0.2) is 9.97 Å². The minimum absolute atomic E-state index is 0.920. The lowest BCUT2D eigenvalue weighted by molar-refractivity contribution is 1.28. The Kier molecular flexibility index (Phi) is 3.81. The lowest BCUT2D eigenvalue weighted by atomic mass is 9.96. The molecule has 0 aliphatic heterocycles. The average Bonchev–Trinajstić information content (AvgIpc) is 3.65. The number of rotatable bonds is 1. The normalized spacial score (nSPS) is 12.5. The minimum Gasteiger partial charge on any atom is -0.291 e. The molecule has 0 saturated carbocycles. The summed E-state index contributed by atoms with van der Waals surface area (Å²) in [7, 11) is 0. The molecule has 184 valence electrons. The van der Waals surface area contributed by atoms with Gasteiger partial charge in [-0.3, -0.25) is 4.40 Å². The van der Waals surface area contributed by atoms with Crippen molar-refractivity contribution in [3.63, 3.8) is 0 Å². The summed E-state index contributed by atoms with van der Waals surface area (Å²) in [5.41, 5.74) is 8.62. The molecule has 0 aliphatic carbocycles. The molecule has 0 amide bonds. The number of para-hydroxylation sites is 2. The zero-order valence-corrected chi connectivity index (χ0v) is 22.0. The number of thiophene rings is 1. The Morgan fingerprint density at radius 3 is 2.27 bits per heavy atom. The largest absolute Gasteiger partial charge is 0.291 e. The van der Waals surface area contributed by atoms with Crippen molar-refractivity contribution in [2.24, 2.45) is 0 Å². The van der Waals surface area contributed by atoms with Gasteiger partial charge in [0.25, 0.3) is 0 Å². The first-order chi connectivity index (χ1) is 19.8. The zero-order valence-electron chi connectivity index (χ0n) is 21.2. The van der Waals surface area contributed by atoms with Crippen molar-refractivity contribution in [2.45, 2.75) is 0 Å². The molecule has 10 aromatic rings. The fourth-order valence-corrected chi connectivity index (χ4v) is 8.00. The van der Waals surface area contributed by atoms with Crippen molar-refractivity contribution in [2.75, 3.05) is 0 Å². The summed E-state index contributed by atoms with van der Waals surface area (Å²) in [6.45, 7) is 0. The molecular weight excluding hydrogens is 506 g/mol. The summed E-state index contributed by atoms with van der Waals surface area (Å²) in [4.78, 5) is 10.3. The fourth-order valence-electron chi connectivity index (χ4n) is 6.76. The third-order valence-electron chi connectivity index (χ3n) is 8.49. The first-order valence-corrected chi connectivity index (χ1v) is 14.3. The smallest absolute Gasteiger partial charge is 0.165 e. The summed E-state index contributed by atoms with van der Waals surface area (Å²) < 4.78 is 4.99. The van der Waals surface area contributed by atoms with Crippen LogP contribution in [0.5, 0.6) is 0 Å². The van der Waals surface area contributed by atoms with Crippen LogP contribution in [0.2, 0.25) is 0 Å². The van der Waals surface area contributed by atoms with E-state index in [2.05, 4.69) is 108 Å². The van der Waals surface area contributed by atoms with E-state index in [9.17, 15) is 0 Å². The fraction of sp³-hybridized carbons (Fsp3) is 0. The number of hydrogen-bond acceptors (Lipinski definition) is 3. The van der Waals surface area contributed by atoms with E-state index in [-0.39, 0.29) is 0 Å². The van der Waals surface area contributed by atoms with Crippen LogP contribution < -0.4 is 0 Å². The van der Waals surface area contributed by atoms with E-state index in [1.165, 1.54) is 69.3 Å². The molecule has 6 aromatic carbocycles. The van der Waals surface area contributed by atoms with Crippen LogP contribution in [0.1, 0.15) is 0 Å². The van der Waals surface area contributed by atoms with Gasteiger partial charge in [0.2, 0.25) is 0 Å². The van der Waals surface area contributed by atoms with Gasteiger partial charge in [0, 0.05) is 36.3 Å². The average molecular weight is 526 g/mol. The van der Waals surface area contributed by atoms with Gasteiger partial charge in [0.05, 0.1) is 22.1 Å². The molecule has 0 N–H and O–H groups in total. The molecular formula is C36H19N3S. The Morgan fingerprint density at radius 1 is 0.575 bits per heavy atom. The maximum absolute atomic E-state index is 5.18. The number of fused-ring (bicyclic) bond motifs is 12. The van der Waals surface area contributed by atoms with Crippen LogP contribution in [0.3, 0.4) is 0 Å². The van der Waals surface area contributed by atoms with Gasteiger partial charge in [0.1, 0.15) is 5.52 Å². The van der Waals surface area contributed by atoms with Crippen molar-refractivity contribution in [1.29, 1.82) is 0 Å². The van der Waals surface area contributed by atoms with E-state index >= 15 is 0 Å². The van der Waals surface area contributed by atoms with Crippen molar-refractivity contribution in [1.82, 2.24) is 14.4 Å². The molecule has 4 heterocycles. The quantitative estimate of drug-likeness (QED) is 0.213. The SMILES string of the molecule is c1ccc2c(-c3ccc4c(c3)c3c5sc6ccccc6c5cc5c6nc7ccccc7nc6n4c53)cccc2c1. The van der Waals surface area contributed by atoms with Crippen molar-refractivity contribution >= 4 is 91.7 Å². The number of nitrogens with zero attached hydrogens (tertiary/aromatic N) is 3. The second-order valence-electron chi connectivity index (χ2n) is 10.6. The highest BCUT2D eigenvalue weighted by Crippen LogP contribution is 2.47. The first-order valence-electron chi connectivity index (χ1n) is 13.5. The topological polar surface area (TPSA) is 30.2 Å². The van der Waals surface area contributed by atoms with Gasteiger partial charge < -0.3 is 0 Å². The van der Waals surface area contributed by atoms with Crippen LogP contribution in [0.25, 0.3) is 91.5 Å². The van der Waals surface area contributed by atoms with Crippen LogP contribution in [-0.2, 0) is 0 Å². The van der Waals surface area contributed by atoms with E-state index in [1.54, 1.807) is 0 Å². The molecule has 0 spiro atoms. The molecule has 0 bridgehead atoms. The molecule has 4 heteroatoms. The van der Waals surface area contributed by atoms with Gasteiger partial charge in [0.15, 0.2) is 5.65 Å². The highest BCUT2D eigenvalue weighted by molar-refractivity contribution is 7.26. The molecule has 0 saturated heterocycles. The lowest BCUT2D eigenvalue weighted by Crippen LogP contribution is -1.89. The molecule has 40 heavy (non-hydrogen) atoms. The maximum Gasteiger partial charge on any atom is 0.165 e. The Labute approximate surface area is 231 Å². The Morgan fingerprint density at radius 2 is 1.35 bits per heavy atom. The predicted octanol–water partition coefficient (Wildman–Crippen LogP) is 9.97. The monoisotopic (exact) mass is 525 g/mol. The lowest BCUT2D eigenvalue weighted by Gasteiger charge is -2.08. The summed E-state index contributed by atoms with van der Waals surface area (Å²) in [6.07, 6.45) is 0. The zero-order chi connectivity index (χ0) is 25.9. The van der Waals surface area contributed by atoms with Crippen molar-refractivity contribution in [3.8, 4) is 11.1 Å². The molecule has 10 rings (SSSR count). The summed E-state index contributed by atoms with van der Waals surface area (Å²) in [5, 5.41) is 8.86. The molecule has 0 radical (unpaired) electrons. The molecule has 0 unspecified atom stereocenters. The van der Waals surface area contributed by atoms with Gasteiger partial charge in [-0.1, -0.05) is 78.9 Å². The Bertz CT molecular complexity index is 2650. The van der Waals surface area contributed by atoms with Crippen LogP contribution >= 0.6 is 11.3 Å². The maximum atomic E-state index is 5.18. The van der Waals surface area contributed by atoms with E-state index in [0.717, 1.165) is 22.2 Å². The molecule has 0 aliphatic rings. The number of benzene rings is 6. The van der Waals surface area contributed by atoms with E-state index in [1.807, 2.05) is 23.5 Å². The van der Waals surface area contributed by atoms with Crippen LogP contribution in [0.4, 0.5) is 0 Å². The van der Waals surface area contributed by atoms with Crippen molar-refractivity contribution in [3.05, 3.63) is 115 Å². The van der Waals surface area contributed by atoms with Crippen LogP contribution in [-0.4, -0.2) is 14.4 Å². The summed E-state index contributed by atoms with van der Waals surface area (Å²) >= 11 is 1.89. The Balaban J connectivity index is 1.44. The second kappa shape index (κ2) is 7.32. The highest BCUT2D eigenvalue weighted by Gasteiger charge is 2.24. The number of hydrogen-bond donors (Lipinski definition) is 0. The molecule has 0 fully saturated rings. The molecule has 4 aromatic heterocycles. The van der Waals surface area contributed by atoms with Crippen LogP contribution in [0.15, 0.2) is 115 Å². The number of aromatic nitrogens is 3. The third-order valence-corrected chi connectivity index (χ3v) is 9.70. The van der Waals surface area contributed by atoms with Gasteiger partial charge in [-0.15, -0.1) is 11.3 Å². The van der Waals surface area contributed by atoms with Crippen molar-refractivity contribution < 1.29 is 0 Å². The first kappa shape index (κ1) is 20.8. The van der Waals surface area contributed by atoms with Crippen LogP contribution in [0, 0.1) is 0 Å². The van der Waals surface area contributed by atoms with E-state index < -0.39 is 0 Å². The molecule has 3 nitrogen and oxygen atoms in total. The van der Waals surface area contributed by atoms with Gasteiger partial charge >= 0.3 is 0 Å². The minimum atomic E-state index is 0.920. The Hall–Kier alpha value is -5.06. The second-order valence-corrected chi connectivity index (χ2v) is 11.7. The highest BCUT2D eigenvalue weighted by atomic mass is 32.1.